The molecule has 4 N–H and O–H groups in total. The summed E-state index contributed by atoms with van der Waals surface area (Å²) < 4.78 is 0. The van der Waals surface area contributed by atoms with E-state index in [-0.39, 0.29) is 31.3 Å². The van der Waals surface area contributed by atoms with Crippen LogP contribution in [0, 0.1) is 5.41 Å². The summed E-state index contributed by atoms with van der Waals surface area (Å²) >= 11 is 0. The Labute approximate surface area is 86.0 Å². The molecule has 86 valence electrons. The average Bonchev–Trinajstić information content (AvgIpc) is 2.26. The monoisotopic (exact) mass is 205 g/mol. The van der Waals surface area contributed by atoms with Crippen molar-refractivity contribution >= 4 is 0 Å². The van der Waals surface area contributed by atoms with Crippen LogP contribution in [0.4, 0.5) is 0 Å². The Bertz CT molecular complexity index is 125. The van der Waals surface area contributed by atoms with Gasteiger partial charge in [0.2, 0.25) is 0 Å². The first-order valence-electron chi connectivity index (χ1n) is 5.24. The Balaban J connectivity index is 4.04. The van der Waals surface area contributed by atoms with Gasteiger partial charge in [0, 0.05) is 18.6 Å². The van der Waals surface area contributed by atoms with Crippen molar-refractivity contribution in [3.05, 3.63) is 0 Å². The molecule has 0 rings (SSSR count). The van der Waals surface area contributed by atoms with Gasteiger partial charge in [-0.2, -0.15) is 0 Å². The fraction of sp³-hybridized carbons (Fsp3) is 1.00. The van der Waals surface area contributed by atoms with Crippen LogP contribution in [0.5, 0.6) is 0 Å². The molecule has 0 amide bonds. The van der Waals surface area contributed by atoms with Gasteiger partial charge in [-0.3, -0.25) is 0 Å². The highest BCUT2D eigenvalue weighted by Gasteiger charge is 2.25. The van der Waals surface area contributed by atoms with Gasteiger partial charge < -0.3 is 20.6 Å². The number of rotatable bonds is 8. The van der Waals surface area contributed by atoms with Gasteiger partial charge in [0.1, 0.15) is 0 Å². The van der Waals surface area contributed by atoms with Crippen LogP contribution in [-0.4, -0.2) is 47.7 Å². The van der Waals surface area contributed by atoms with Crippen LogP contribution in [0.3, 0.4) is 0 Å². The van der Waals surface area contributed by atoms with Crippen molar-refractivity contribution < 1.29 is 15.3 Å². The lowest BCUT2D eigenvalue weighted by Crippen LogP contribution is -2.44. The molecule has 0 aromatic heterocycles. The fourth-order valence-corrected chi connectivity index (χ4v) is 1.33. The quantitative estimate of drug-likeness (QED) is 0.440. The lowest BCUT2D eigenvalue weighted by molar-refractivity contribution is 0.0955. The molecule has 0 aliphatic carbocycles. The Morgan fingerprint density at radius 2 is 1.57 bits per heavy atom. The molecule has 0 fully saturated rings. The third-order valence-corrected chi connectivity index (χ3v) is 3.04. The Hall–Kier alpha value is -0.160. The summed E-state index contributed by atoms with van der Waals surface area (Å²) in [7, 11) is 0. The first-order valence-corrected chi connectivity index (χ1v) is 5.24. The minimum atomic E-state index is -0.279. The molecule has 4 nitrogen and oxygen atoms in total. The van der Waals surface area contributed by atoms with Gasteiger partial charge in [-0.1, -0.05) is 13.8 Å². The summed E-state index contributed by atoms with van der Waals surface area (Å²) in [5, 5.41) is 30.0. The van der Waals surface area contributed by atoms with Crippen LogP contribution >= 0.6 is 0 Å². The van der Waals surface area contributed by atoms with Crippen LogP contribution in [-0.2, 0) is 0 Å². The summed E-state index contributed by atoms with van der Waals surface area (Å²) in [5.74, 6) is 0. The van der Waals surface area contributed by atoms with Crippen molar-refractivity contribution in [2.24, 2.45) is 5.41 Å². The van der Waals surface area contributed by atoms with Gasteiger partial charge in [0.25, 0.3) is 0 Å². The maximum Gasteiger partial charge on any atom is 0.0607 e. The molecular weight excluding hydrogens is 182 g/mol. The summed E-state index contributed by atoms with van der Waals surface area (Å²) in [4.78, 5) is 0. The van der Waals surface area contributed by atoms with E-state index in [9.17, 15) is 5.11 Å². The van der Waals surface area contributed by atoms with Crippen molar-refractivity contribution in [2.75, 3.05) is 26.4 Å². The predicted octanol–water partition coefficient (Wildman–Crippen LogP) is -0.272. The van der Waals surface area contributed by atoms with Gasteiger partial charge in [-0.15, -0.1) is 0 Å². The lowest BCUT2D eigenvalue weighted by atomic mass is 9.83. The standard InChI is InChI=1S/C10H23NO3/c1-3-10(4-2,8-14)7-11-9(5-12)6-13/h9,11-14H,3-8H2,1-2H3. The first-order chi connectivity index (χ1) is 6.67. The highest BCUT2D eigenvalue weighted by Crippen LogP contribution is 2.24. The van der Waals surface area contributed by atoms with E-state index in [0.29, 0.717) is 6.54 Å². The zero-order valence-electron chi connectivity index (χ0n) is 9.16. The van der Waals surface area contributed by atoms with Crippen LogP contribution in [0.1, 0.15) is 26.7 Å². The summed E-state index contributed by atoms with van der Waals surface area (Å²) in [6.07, 6.45) is 1.77. The lowest BCUT2D eigenvalue weighted by Gasteiger charge is -2.31. The van der Waals surface area contributed by atoms with E-state index in [1.807, 2.05) is 13.8 Å². The molecule has 0 aliphatic rings. The molecule has 0 aromatic rings. The van der Waals surface area contributed by atoms with Crippen molar-refractivity contribution in [2.45, 2.75) is 32.7 Å². The highest BCUT2D eigenvalue weighted by atomic mass is 16.3. The van der Waals surface area contributed by atoms with Gasteiger partial charge in [-0.25, -0.2) is 0 Å². The maximum absolute atomic E-state index is 9.27. The van der Waals surface area contributed by atoms with Crippen LogP contribution in [0.2, 0.25) is 0 Å². The zero-order chi connectivity index (χ0) is 11.0. The Morgan fingerprint density at radius 1 is 1.07 bits per heavy atom. The minimum Gasteiger partial charge on any atom is -0.396 e. The van der Waals surface area contributed by atoms with Gasteiger partial charge >= 0.3 is 0 Å². The topological polar surface area (TPSA) is 72.7 Å². The zero-order valence-corrected chi connectivity index (χ0v) is 9.16. The molecule has 0 aliphatic heterocycles. The molecule has 0 atom stereocenters. The van der Waals surface area contributed by atoms with Crippen molar-refractivity contribution in [3.63, 3.8) is 0 Å². The predicted molar refractivity (Wildman–Crippen MR) is 56.1 cm³/mol. The number of aliphatic hydroxyl groups is 3. The maximum atomic E-state index is 9.27. The second kappa shape index (κ2) is 7.17. The van der Waals surface area contributed by atoms with E-state index in [0.717, 1.165) is 12.8 Å². The molecule has 0 aromatic carbocycles. The number of aliphatic hydroxyl groups excluding tert-OH is 3. The van der Waals surface area contributed by atoms with Crippen LogP contribution in [0.15, 0.2) is 0 Å². The minimum absolute atomic E-state index is 0.0779. The molecule has 0 radical (unpaired) electrons. The second-order valence-corrected chi connectivity index (χ2v) is 3.81. The van der Waals surface area contributed by atoms with E-state index < -0.39 is 0 Å². The van der Waals surface area contributed by atoms with E-state index in [4.69, 9.17) is 10.2 Å². The SMILES string of the molecule is CCC(CC)(CO)CNC(CO)CO. The molecule has 4 heteroatoms. The third-order valence-electron chi connectivity index (χ3n) is 3.04. The van der Waals surface area contributed by atoms with E-state index in [1.165, 1.54) is 0 Å². The first kappa shape index (κ1) is 13.8. The highest BCUT2D eigenvalue weighted by molar-refractivity contribution is 4.80. The molecule has 0 saturated carbocycles. The molecule has 14 heavy (non-hydrogen) atoms. The molecule has 0 bridgehead atoms. The van der Waals surface area contributed by atoms with Gasteiger partial charge in [-0.05, 0) is 12.8 Å². The summed E-state index contributed by atoms with van der Waals surface area (Å²) in [6, 6.07) is -0.279. The van der Waals surface area contributed by atoms with Gasteiger partial charge in [0.05, 0.1) is 19.3 Å². The van der Waals surface area contributed by atoms with Crippen molar-refractivity contribution in [3.8, 4) is 0 Å². The average molecular weight is 205 g/mol. The normalized spacial score (nSPS) is 12.4. The molecular formula is C10H23NO3. The van der Waals surface area contributed by atoms with Gasteiger partial charge in [0.15, 0.2) is 0 Å². The number of nitrogens with one attached hydrogen (secondary N) is 1. The molecule has 0 spiro atoms. The third kappa shape index (κ3) is 3.92. The summed E-state index contributed by atoms with van der Waals surface area (Å²) in [6.45, 7) is 4.68. The van der Waals surface area contributed by atoms with Crippen molar-refractivity contribution in [1.82, 2.24) is 5.32 Å². The number of hydrogen-bond acceptors (Lipinski definition) is 4. The number of hydrogen-bond donors (Lipinski definition) is 4. The molecule has 0 unspecified atom stereocenters. The van der Waals surface area contributed by atoms with Crippen LogP contribution in [0.25, 0.3) is 0 Å². The smallest absolute Gasteiger partial charge is 0.0607 e. The second-order valence-electron chi connectivity index (χ2n) is 3.81. The van der Waals surface area contributed by atoms with E-state index in [1.54, 1.807) is 0 Å². The summed E-state index contributed by atoms with van der Waals surface area (Å²) in [5.41, 5.74) is -0.122. The van der Waals surface area contributed by atoms with E-state index >= 15 is 0 Å². The van der Waals surface area contributed by atoms with Crippen LogP contribution < -0.4 is 5.32 Å². The molecule has 0 heterocycles. The fourth-order valence-electron chi connectivity index (χ4n) is 1.33. The Morgan fingerprint density at radius 3 is 1.86 bits per heavy atom. The van der Waals surface area contributed by atoms with E-state index in [2.05, 4.69) is 5.32 Å². The largest absolute Gasteiger partial charge is 0.396 e. The Kier molecular flexibility index (Phi) is 7.09. The van der Waals surface area contributed by atoms with Crippen molar-refractivity contribution in [1.29, 1.82) is 0 Å². The molecule has 0 saturated heterocycles.